The number of carbonyl (C=O) groups excluding carboxylic acids is 2. The van der Waals surface area contributed by atoms with Gasteiger partial charge in [0, 0.05) is 25.9 Å². The van der Waals surface area contributed by atoms with Crippen LogP contribution in [0.2, 0.25) is 0 Å². The first-order chi connectivity index (χ1) is 11.6. The molecule has 1 aromatic heterocycles. The zero-order valence-corrected chi connectivity index (χ0v) is 14.6. The number of likely N-dealkylation sites (tertiary alicyclic amines) is 1. The average Bonchev–Trinajstić information content (AvgIpc) is 3.05. The highest BCUT2D eigenvalue weighted by Gasteiger charge is 2.32. The number of piperidine rings is 1. The number of carbonyl (C=O) groups is 2. The molecule has 7 heteroatoms. The van der Waals surface area contributed by atoms with E-state index in [9.17, 15) is 9.59 Å². The second kappa shape index (κ2) is 7.32. The van der Waals surface area contributed by atoms with E-state index < -0.39 is 0 Å². The first-order valence-corrected chi connectivity index (χ1v) is 9.13. The third-order valence-electron chi connectivity index (χ3n) is 5.06. The van der Waals surface area contributed by atoms with Crippen LogP contribution < -0.4 is 5.32 Å². The summed E-state index contributed by atoms with van der Waals surface area (Å²) >= 11 is 0. The van der Waals surface area contributed by atoms with Gasteiger partial charge in [0.2, 0.25) is 11.8 Å². The minimum atomic E-state index is -0.350. The Balaban J connectivity index is 1.69. The van der Waals surface area contributed by atoms with E-state index in [1.165, 1.54) is 0 Å². The van der Waals surface area contributed by atoms with E-state index in [2.05, 4.69) is 20.1 Å². The van der Waals surface area contributed by atoms with E-state index in [0.717, 1.165) is 56.7 Å². The molecule has 3 rings (SSSR count). The Morgan fingerprint density at radius 2 is 2.00 bits per heavy atom. The van der Waals surface area contributed by atoms with Crippen molar-refractivity contribution in [1.29, 1.82) is 0 Å². The number of hydrogen-bond acceptors (Lipinski definition) is 4. The summed E-state index contributed by atoms with van der Waals surface area (Å²) < 4.78 is 2.13. The van der Waals surface area contributed by atoms with E-state index in [1.807, 2.05) is 13.8 Å². The second-order valence-electron chi connectivity index (χ2n) is 6.77. The molecule has 2 unspecified atom stereocenters. The molecule has 2 atom stereocenters. The molecule has 2 aliphatic heterocycles. The molecule has 0 aromatic carbocycles. The lowest BCUT2D eigenvalue weighted by molar-refractivity contribution is -0.142. The topological polar surface area (TPSA) is 80.1 Å². The van der Waals surface area contributed by atoms with Gasteiger partial charge < -0.3 is 14.8 Å². The highest BCUT2D eigenvalue weighted by molar-refractivity contribution is 5.88. The van der Waals surface area contributed by atoms with Gasteiger partial charge in [0.25, 0.3) is 0 Å². The molecule has 1 aromatic rings. The lowest BCUT2D eigenvalue weighted by Crippen LogP contribution is -2.52. The first-order valence-electron chi connectivity index (χ1n) is 9.13. The van der Waals surface area contributed by atoms with Crippen molar-refractivity contribution in [3.63, 3.8) is 0 Å². The number of rotatable bonds is 4. The molecule has 3 heterocycles. The van der Waals surface area contributed by atoms with Crippen LogP contribution in [0.25, 0.3) is 0 Å². The molecule has 0 saturated carbocycles. The SMILES string of the molecule is CCC(=O)N1CCCCC1C(=O)NC(C)c1nnc2n1CCCC2. The molecule has 1 saturated heterocycles. The smallest absolute Gasteiger partial charge is 0.243 e. The number of aromatic nitrogens is 3. The summed E-state index contributed by atoms with van der Waals surface area (Å²) in [6.07, 6.45) is 6.37. The van der Waals surface area contributed by atoms with Gasteiger partial charge >= 0.3 is 0 Å². The third-order valence-corrected chi connectivity index (χ3v) is 5.06. The largest absolute Gasteiger partial charge is 0.345 e. The van der Waals surface area contributed by atoms with E-state index >= 15 is 0 Å². The summed E-state index contributed by atoms with van der Waals surface area (Å²) in [4.78, 5) is 26.6. The minimum absolute atomic E-state index is 0.0577. The molecule has 24 heavy (non-hydrogen) atoms. The van der Waals surface area contributed by atoms with Crippen LogP contribution in [0.15, 0.2) is 0 Å². The number of nitrogens with zero attached hydrogens (tertiary/aromatic N) is 4. The zero-order valence-electron chi connectivity index (χ0n) is 14.6. The van der Waals surface area contributed by atoms with Crippen LogP contribution in [0, 0.1) is 0 Å². The number of amides is 2. The van der Waals surface area contributed by atoms with Crippen LogP contribution in [-0.2, 0) is 22.6 Å². The van der Waals surface area contributed by atoms with Crippen molar-refractivity contribution >= 4 is 11.8 Å². The number of fused-ring (bicyclic) bond motifs is 1. The van der Waals surface area contributed by atoms with Crippen molar-refractivity contribution in [1.82, 2.24) is 25.0 Å². The van der Waals surface area contributed by atoms with Crippen molar-refractivity contribution in [2.24, 2.45) is 0 Å². The molecule has 1 N–H and O–H groups in total. The van der Waals surface area contributed by atoms with Crippen molar-refractivity contribution in [2.45, 2.75) is 77.4 Å². The molecular formula is C17H27N5O2. The van der Waals surface area contributed by atoms with Gasteiger partial charge in [0.15, 0.2) is 5.82 Å². The van der Waals surface area contributed by atoms with Crippen LogP contribution in [-0.4, -0.2) is 44.1 Å². The Labute approximate surface area is 142 Å². The zero-order chi connectivity index (χ0) is 17.1. The van der Waals surface area contributed by atoms with E-state index in [-0.39, 0.29) is 23.9 Å². The van der Waals surface area contributed by atoms with Crippen LogP contribution in [0.4, 0.5) is 0 Å². The Kier molecular flexibility index (Phi) is 5.16. The molecule has 0 spiro atoms. The van der Waals surface area contributed by atoms with Crippen LogP contribution >= 0.6 is 0 Å². The quantitative estimate of drug-likeness (QED) is 0.907. The van der Waals surface area contributed by atoms with Gasteiger partial charge in [-0.2, -0.15) is 0 Å². The van der Waals surface area contributed by atoms with Crippen molar-refractivity contribution < 1.29 is 9.59 Å². The summed E-state index contributed by atoms with van der Waals surface area (Å²) in [5.41, 5.74) is 0. The van der Waals surface area contributed by atoms with Crippen molar-refractivity contribution in [3.8, 4) is 0 Å². The normalized spacial score (nSPS) is 21.9. The van der Waals surface area contributed by atoms with Crippen LogP contribution in [0.3, 0.4) is 0 Å². The Morgan fingerprint density at radius 3 is 2.79 bits per heavy atom. The molecule has 1 fully saturated rings. The summed E-state index contributed by atoms with van der Waals surface area (Å²) in [6, 6.07) is -0.547. The summed E-state index contributed by atoms with van der Waals surface area (Å²) in [6.45, 7) is 5.39. The fourth-order valence-electron chi connectivity index (χ4n) is 3.73. The van der Waals surface area contributed by atoms with Crippen LogP contribution in [0.1, 0.15) is 70.1 Å². The maximum Gasteiger partial charge on any atom is 0.243 e. The van der Waals surface area contributed by atoms with Crippen molar-refractivity contribution in [2.75, 3.05) is 6.54 Å². The first kappa shape index (κ1) is 16.9. The van der Waals surface area contributed by atoms with Gasteiger partial charge in [-0.25, -0.2) is 0 Å². The van der Waals surface area contributed by atoms with Gasteiger partial charge in [0.1, 0.15) is 11.9 Å². The molecule has 0 radical (unpaired) electrons. The maximum absolute atomic E-state index is 12.7. The van der Waals surface area contributed by atoms with Gasteiger partial charge in [-0.3, -0.25) is 9.59 Å². The van der Waals surface area contributed by atoms with Gasteiger partial charge in [-0.05, 0) is 39.0 Å². The fourth-order valence-corrected chi connectivity index (χ4v) is 3.73. The Morgan fingerprint density at radius 1 is 1.21 bits per heavy atom. The maximum atomic E-state index is 12.7. The predicted octanol–water partition coefficient (Wildman–Crippen LogP) is 1.58. The average molecular weight is 333 g/mol. The van der Waals surface area contributed by atoms with Gasteiger partial charge in [0.05, 0.1) is 6.04 Å². The van der Waals surface area contributed by atoms with E-state index in [0.29, 0.717) is 13.0 Å². The Hall–Kier alpha value is -1.92. The predicted molar refractivity (Wildman–Crippen MR) is 89.2 cm³/mol. The Bertz CT molecular complexity index is 612. The number of nitrogens with one attached hydrogen (secondary N) is 1. The van der Waals surface area contributed by atoms with E-state index in [1.54, 1.807) is 4.90 Å². The molecule has 2 aliphatic rings. The lowest BCUT2D eigenvalue weighted by atomic mass is 10.0. The molecular weight excluding hydrogens is 306 g/mol. The molecule has 7 nitrogen and oxygen atoms in total. The highest BCUT2D eigenvalue weighted by Crippen LogP contribution is 2.21. The second-order valence-corrected chi connectivity index (χ2v) is 6.77. The highest BCUT2D eigenvalue weighted by atomic mass is 16.2. The monoisotopic (exact) mass is 333 g/mol. The van der Waals surface area contributed by atoms with Gasteiger partial charge in [-0.1, -0.05) is 6.92 Å². The summed E-state index contributed by atoms with van der Waals surface area (Å²) in [5.74, 6) is 1.82. The summed E-state index contributed by atoms with van der Waals surface area (Å²) in [7, 11) is 0. The summed E-state index contributed by atoms with van der Waals surface area (Å²) in [5, 5.41) is 11.6. The molecule has 0 bridgehead atoms. The molecule has 0 aliphatic carbocycles. The standard InChI is InChI=1S/C17H27N5O2/c1-3-15(23)21-10-6-4-8-13(21)17(24)18-12(2)16-20-19-14-9-5-7-11-22(14)16/h12-13H,3-11H2,1-2H3,(H,18,24). The fraction of sp³-hybridized carbons (Fsp3) is 0.765. The van der Waals surface area contributed by atoms with E-state index in [4.69, 9.17) is 0 Å². The van der Waals surface area contributed by atoms with Crippen molar-refractivity contribution in [3.05, 3.63) is 11.6 Å². The minimum Gasteiger partial charge on any atom is -0.345 e. The number of aryl methyl sites for hydroxylation is 1. The lowest BCUT2D eigenvalue weighted by Gasteiger charge is -2.35. The van der Waals surface area contributed by atoms with Crippen LogP contribution in [0.5, 0.6) is 0 Å². The molecule has 132 valence electrons. The van der Waals surface area contributed by atoms with Gasteiger partial charge in [-0.15, -0.1) is 10.2 Å². The number of hydrogen-bond donors (Lipinski definition) is 1. The molecule has 2 amide bonds. The third kappa shape index (κ3) is 3.30.